The van der Waals surface area contributed by atoms with Crippen molar-refractivity contribution < 1.29 is 0 Å². The third-order valence-electron chi connectivity index (χ3n) is 10.1. The van der Waals surface area contributed by atoms with Crippen molar-refractivity contribution in [3.05, 3.63) is 66.8 Å². The van der Waals surface area contributed by atoms with Gasteiger partial charge in [0.25, 0.3) is 0 Å². The predicted octanol–water partition coefficient (Wildman–Crippen LogP) is 8.50. The normalized spacial score (nSPS) is 11.9. The lowest BCUT2D eigenvalue weighted by molar-refractivity contribution is 0.940. The molecule has 0 unspecified atom stereocenters. The smallest absolute Gasteiger partial charge is 0.141 e. The van der Waals surface area contributed by atoms with Crippen LogP contribution in [0.25, 0.3) is 44.8 Å². The molecule has 0 N–H and O–H groups in total. The van der Waals surface area contributed by atoms with Crippen LogP contribution in [-0.4, -0.2) is 19.1 Å². The Labute approximate surface area is 227 Å². The first kappa shape index (κ1) is 26.2. The van der Waals surface area contributed by atoms with E-state index in [1.165, 1.54) is 88.9 Å². The molecule has 0 saturated heterocycles. The number of aromatic nitrogens is 4. The second-order valence-electron chi connectivity index (χ2n) is 11.6. The van der Waals surface area contributed by atoms with E-state index in [2.05, 4.69) is 106 Å². The fraction of sp³-hybridized carbons (Fsp3) is 0.412. The van der Waals surface area contributed by atoms with Gasteiger partial charge >= 0.3 is 0 Å². The van der Waals surface area contributed by atoms with Gasteiger partial charge in [-0.15, -0.1) is 0 Å². The highest BCUT2D eigenvalue weighted by atomic mass is 15.1. The average molecular weight is 507 g/mol. The van der Waals surface area contributed by atoms with Crippen LogP contribution in [0, 0.1) is 83.1 Å². The van der Waals surface area contributed by atoms with Crippen molar-refractivity contribution in [3.63, 3.8) is 0 Å². The van der Waals surface area contributed by atoms with Crippen LogP contribution >= 0.6 is 0 Å². The van der Waals surface area contributed by atoms with Gasteiger partial charge in [0.15, 0.2) is 0 Å². The third kappa shape index (κ3) is 3.22. The minimum absolute atomic E-state index is 1.05. The highest BCUT2D eigenvalue weighted by Gasteiger charge is 2.26. The van der Waals surface area contributed by atoms with Gasteiger partial charge < -0.3 is 9.13 Å². The van der Waals surface area contributed by atoms with Gasteiger partial charge in [-0.3, -0.25) is 0 Å². The summed E-state index contributed by atoms with van der Waals surface area (Å²) in [4.78, 5) is 10.6. The fourth-order valence-corrected chi connectivity index (χ4v) is 6.64. The first-order valence-corrected chi connectivity index (χ1v) is 13.7. The highest BCUT2D eigenvalue weighted by Crippen LogP contribution is 2.42. The van der Waals surface area contributed by atoms with E-state index in [0.29, 0.717) is 0 Å². The van der Waals surface area contributed by atoms with Crippen molar-refractivity contribution in [2.75, 3.05) is 0 Å². The van der Waals surface area contributed by atoms with Gasteiger partial charge in [-0.1, -0.05) is 0 Å². The molecule has 0 bridgehead atoms. The van der Waals surface area contributed by atoms with E-state index in [0.717, 1.165) is 22.7 Å². The molecule has 0 spiro atoms. The molecule has 38 heavy (non-hydrogen) atoms. The predicted molar refractivity (Wildman–Crippen MR) is 163 cm³/mol. The van der Waals surface area contributed by atoms with Crippen molar-refractivity contribution in [1.29, 1.82) is 0 Å². The summed E-state index contributed by atoms with van der Waals surface area (Å²) in [6.45, 7) is 26.8. The SMILES string of the molecule is Cc1c(C)c(-c2nc3c(C)c(C)c(C)c(C)c3n2C)c(C)c(C)c1-c1nc2c(C)c(C)c(C)c(C)c2n1C. The van der Waals surface area contributed by atoms with Gasteiger partial charge in [-0.2, -0.15) is 0 Å². The van der Waals surface area contributed by atoms with E-state index in [-0.39, 0.29) is 0 Å². The van der Waals surface area contributed by atoms with Crippen LogP contribution in [0.4, 0.5) is 0 Å². The van der Waals surface area contributed by atoms with Crippen molar-refractivity contribution in [3.8, 4) is 22.8 Å². The number of hydrogen-bond acceptors (Lipinski definition) is 2. The maximum absolute atomic E-state index is 5.29. The van der Waals surface area contributed by atoms with E-state index in [1.807, 2.05) is 0 Å². The van der Waals surface area contributed by atoms with E-state index in [9.17, 15) is 0 Å². The van der Waals surface area contributed by atoms with E-state index in [1.54, 1.807) is 0 Å². The molecule has 0 aliphatic heterocycles. The molecule has 2 heterocycles. The van der Waals surface area contributed by atoms with Crippen LogP contribution in [0.5, 0.6) is 0 Å². The topological polar surface area (TPSA) is 35.6 Å². The molecule has 5 aromatic rings. The van der Waals surface area contributed by atoms with Crippen LogP contribution in [-0.2, 0) is 14.1 Å². The van der Waals surface area contributed by atoms with Crippen LogP contribution < -0.4 is 0 Å². The summed E-state index contributed by atoms with van der Waals surface area (Å²) in [5.41, 5.74) is 22.9. The molecular formula is C34H42N4. The Kier molecular flexibility index (Phi) is 5.90. The highest BCUT2D eigenvalue weighted by molar-refractivity contribution is 5.92. The van der Waals surface area contributed by atoms with Gasteiger partial charge in [0, 0.05) is 25.2 Å². The molecule has 0 atom stereocenters. The number of benzene rings is 3. The molecule has 198 valence electrons. The molecule has 5 rings (SSSR count). The summed E-state index contributed by atoms with van der Waals surface area (Å²) in [5, 5.41) is 0. The third-order valence-corrected chi connectivity index (χ3v) is 10.1. The second kappa shape index (κ2) is 8.56. The first-order chi connectivity index (χ1) is 17.7. The molecule has 0 amide bonds. The zero-order valence-electron chi connectivity index (χ0n) is 25.8. The van der Waals surface area contributed by atoms with Crippen molar-refractivity contribution in [2.45, 2.75) is 83.1 Å². The molecule has 0 aliphatic carbocycles. The largest absolute Gasteiger partial charge is 0.327 e. The summed E-state index contributed by atoms with van der Waals surface area (Å²) in [7, 11) is 4.34. The minimum Gasteiger partial charge on any atom is -0.327 e. The van der Waals surface area contributed by atoms with Crippen molar-refractivity contribution >= 4 is 22.1 Å². The Hall–Kier alpha value is -3.40. The maximum Gasteiger partial charge on any atom is 0.141 e. The lowest BCUT2D eigenvalue weighted by Crippen LogP contribution is -2.06. The molecule has 3 aromatic carbocycles. The Balaban J connectivity index is 1.84. The summed E-state index contributed by atoms with van der Waals surface area (Å²) >= 11 is 0. The van der Waals surface area contributed by atoms with Crippen molar-refractivity contribution in [1.82, 2.24) is 19.1 Å². The number of imidazole rings is 2. The van der Waals surface area contributed by atoms with Crippen LogP contribution in [0.3, 0.4) is 0 Å². The zero-order chi connectivity index (χ0) is 28.1. The van der Waals surface area contributed by atoms with Gasteiger partial charge in [0.05, 0.1) is 22.1 Å². The minimum atomic E-state index is 1.05. The quantitative estimate of drug-likeness (QED) is 0.241. The summed E-state index contributed by atoms with van der Waals surface area (Å²) < 4.78 is 4.62. The molecule has 0 fully saturated rings. The van der Waals surface area contributed by atoms with Gasteiger partial charge in [-0.25, -0.2) is 9.97 Å². The second-order valence-corrected chi connectivity index (χ2v) is 11.6. The molecule has 0 aliphatic rings. The number of fused-ring (bicyclic) bond motifs is 2. The first-order valence-electron chi connectivity index (χ1n) is 13.7. The van der Waals surface area contributed by atoms with E-state index in [4.69, 9.17) is 9.97 Å². The lowest BCUT2D eigenvalue weighted by atomic mass is 9.88. The summed E-state index contributed by atoms with van der Waals surface area (Å²) in [6, 6.07) is 0. The zero-order valence-corrected chi connectivity index (χ0v) is 25.8. The lowest BCUT2D eigenvalue weighted by Gasteiger charge is -2.20. The molecule has 4 nitrogen and oxygen atoms in total. The molecule has 2 aromatic heterocycles. The Morgan fingerprint density at radius 1 is 0.342 bits per heavy atom. The fourth-order valence-electron chi connectivity index (χ4n) is 6.64. The van der Waals surface area contributed by atoms with Gasteiger partial charge in [0.2, 0.25) is 0 Å². The maximum atomic E-state index is 5.29. The van der Waals surface area contributed by atoms with Crippen LogP contribution in [0.1, 0.15) is 66.8 Å². The van der Waals surface area contributed by atoms with E-state index >= 15 is 0 Å². The standard InChI is InChI=1S/C34H42N4/c1-15-17(3)25(11)31-29(23(15)9)35-33(37(31)13)27-19(5)21(7)28(22(8)20(27)6)34-36-30-24(10)16(2)18(4)26(12)32(30)38(34)14/h1-14H3. The Morgan fingerprint density at radius 2 is 0.605 bits per heavy atom. The Bertz CT molecular complexity index is 1680. The number of nitrogens with zero attached hydrogens (tertiary/aromatic N) is 4. The molecule has 0 saturated carbocycles. The monoisotopic (exact) mass is 506 g/mol. The number of hydrogen-bond donors (Lipinski definition) is 0. The van der Waals surface area contributed by atoms with Crippen LogP contribution in [0.15, 0.2) is 0 Å². The number of rotatable bonds is 2. The van der Waals surface area contributed by atoms with Gasteiger partial charge in [0.1, 0.15) is 11.6 Å². The van der Waals surface area contributed by atoms with Crippen molar-refractivity contribution in [2.24, 2.45) is 14.1 Å². The number of aryl methyl sites for hydroxylation is 6. The Morgan fingerprint density at radius 3 is 0.895 bits per heavy atom. The molecule has 4 heteroatoms. The van der Waals surface area contributed by atoms with Crippen LogP contribution in [0.2, 0.25) is 0 Å². The van der Waals surface area contributed by atoms with E-state index < -0.39 is 0 Å². The summed E-state index contributed by atoms with van der Waals surface area (Å²) in [5.74, 6) is 2.10. The average Bonchev–Trinajstić information content (AvgIpc) is 3.40. The van der Waals surface area contributed by atoms with Gasteiger partial charge in [-0.05, 0) is 150 Å². The molecule has 0 radical (unpaired) electrons. The molecular weight excluding hydrogens is 464 g/mol. The summed E-state index contributed by atoms with van der Waals surface area (Å²) in [6.07, 6.45) is 0.